The zero-order chi connectivity index (χ0) is 19.9. The van der Waals surface area contributed by atoms with Gasteiger partial charge in [0.05, 0.1) is 0 Å². The molecule has 6 nitrogen and oxygen atoms in total. The quantitative estimate of drug-likeness (QED) is 0.329. The third-order valence-electron chi connectivity index (χ3n) is 4.86. The maximum atomic E-state index is 11.2. The molecule has 0 aromatic heterocycles. The van der Waals surface area contributed by atoms with E-state index in [1.807, 2.05) is 24.3 Å². The minimum absolute atomic E-state index is 0. The van der Waals surface area contributed by atoms with Crippen LogP contribution in [0.15, 0.2) is 53.5 Å². The van der Waals surface area contributed by atoms with Crippen molar-refractivity contribution >= 4 is 47.2 Å². The number of benzene rings is 2. The molecule has 0 radical (unpaired) electrons. The van der Waals surface area contributed by atoms with Crippen molar-refractivity contribution < 1.29 is 4.79 Å². The van der Waals surface area contributed by atoms with Gasteiger partial charge in [-0.3, -0.25) is 9.79 Å². The number of anilines is 2. The van der Waals surface area contributed by atoms with Gasteiger partial charge in [-0.15, -0.1) is 24.0 Å². The van der Waals surface area contributed by atoms with E-state index < -0.39 is 0 Å². The summed E-state index contributed by atoms with van der Waals surface area (Å²) in [5, 5.41) is 9.70. The van der Waals surface area contributed by atoms with Gasteiger partial charge in [0, 0.05) is 51.0 Å². The van der Waals surface area contributed by atoms with Crippen molar-refractivity contribution in [2.24, 2.45) is 4.99 Å². The molecule has 3 N–H and O–H groups in total. The van der Waals surface area contributed by atoms with Crippen LogP contribution >= 0.6 is 24.0 Å². The maximum absolute atomic E-state index is 11.2. The molecule has 0 aliphatic carbocycles. The van der Waals surface area contributed by atoms with Gasteiger partial charge in [-0.2, -0.15) is 0 Å². The minimum atomic E-state index is -0.0676. The molecule has 1 heterocycles. The Bertz CT molecular complexity index is 837. The molecule has 29 heavy (non-hydrogen) atoms. The Morgan fingerprint density at radius 1 is 1.21 bits per heavy atom. The lowest BCUT2D eigenvalue weighted by atomic mass is 10.2. The number of amides is 1. The largest absolute Gasteiger partial charge is 0.369 e. The summed E-state index contributed by atoms with van der Waals surface area (Å²) in [6, 6.07) is 16.9. The molecule has 156 valence electrons. The Kier molecular flexibility index (Phi) is 8.75. The summed E-state index contributed by atoms with van der Waals surface area (Å²) in [4.78, 5) is 18.0. The number of carbonyl (C=O) groups is 1. The molecule has 1 amide bonds. The van der Waals surface area contributed by atoms with E-state index in [0.717, 1.165) is 36.7 Å². The van der Waals surface area contributed by atoms with Crippen molar-refractivity contribution in [2.75, 3.05) is 30.4 Å². The van der Waals surface area contributed by atoms with E-state index in [4.69, 9.17) is 0 Å². The van der Waals surface area contributed by atoms with Gasteiger partial charge in [0.2, 0.25) is 5.91 Å². The number of nitrogens with one attached hydrogen (secondary N) is 3. The number of carbonyl (C=O) groups excluding carboxylic acids is 1. The lowest BCUT2D eigenvalue weighted by Gasteiger charge is -2.20. The number of nitrogens with zero attached hydrogens (tertiary/aromatic N) is 2. The summed E-state index contributed by atoms with van der Waals surface area (Å²) in [5.41, 5.74) is 4.44. The summed E-state index contributed by atoms with van der Waals surface area (Å²) in [6.45, 7) is 6.26. The molecule has 2 aromatic rings. The number of halogens is 1. The molecule has 1 fully saturated rings. The van der Waals surface area contributed by atoms with E-state index in [9.17, 15) is 4.79 Å². The van der Waals surface area contributed by atoms with Crippen LogP contribution in [0.1, 0.15) is 24.5 Å². The first-order valence-electron chi connectivity index (χ1n) is 9.69. The monoisotopic (exact) mass is 507 g/mol. The molecule has 1 unspecified atom stereocenters. The molecule has 1 saturated heterocycles. The molecular weight excluding hydrogens is 477 g/mol. The lowest BCUT2D eigenvalue weighted by molar-refractivity contribution is -0.114. The van der Waals surface area contributed by atoms with Gasteiger partial charge >= 0.3 is 0 Å². The molecule has 1 atom stereocenters. The van der Waals surface area contributed by atoms with E-state index >= 15 is 0 Å². The molecule has 0 bridgehead atoms. The van der Waals surface area contributed by atoms with Gasteiger partial charge < -0.3 is 20.9 Å². The predicted molar refractivity (Wildman–Crippen MR) is 131 cm³/mol. The van der Waals surface area contributed by atoms with Gasteiger partial charge in [0.15, 0.2) is 5.96 Å². The van der Waals surface area contributed by atoms with Gasteiger partial charge in [0.25, 0.3) is 0 Å². The fraction of sp³-hybridized carbons (Fsp3) is 0.364. The smallest absolute Gasteiger partial charge is 0.221 e. The number of hydrogen-bond donors (Lipinski definition) is 3. The highest BCUT2D eigenvalue weighted by Gasteiger charge is 2.23. The van der Waals surface area contributed by atoms with E-state index in [1.165, 1.54) is 18.2 Å². The summed E-state index contributed by atoms with van der Waals surface area (Å²) in [5.74, 6) is 0.725. The summed E-state index contributed by atoms with van der Waals surface area (Å²) in [6.07, 6.45) is 1.08. The predicted octanol–water partition coefficient (Wildman–Crippen LogP) is 3.52. The SMILES string of the molecule is CN=C(NCc1cccc(NC(C)=O)c1)NC1CCN(c2ccc(C)cc2)C1.I. The van der Waals surface area contributed by atoms with Crippen molar-refractivity contribution in [1.82, 2.24) is 10.6 Å². The van der Waals surface area contributed by atoms with Crippen LogP contribution in [0.25, 0.3) is 0 Å². The zero-order valence-electron chi connectivity index (χ0n) is 17.2. The van der Waals surface area contributed by atoms with Gasteiger partial charge in [-0.05, 0) is 43.2 Å². The Morgan fingerprint density at radius 2 is 1.97 bits per heavy atom. The van der Waals surface area contributed by atoms with Crippen LogP contribution < -0.4 is 20.9 Å². The molecule has 7 heteroatoms. The highest BCUT2D eigenvalue weighted by atomic mass is 127. The van der Waals surface area contributed by atoms with Gasteiger partial charge in [0.1, 0.15) is 0 Å². The lowest BCUT2D eigenvalue weighted by Crippen LogP contribution is -2.44. The van der Waals surface area contributed by atoms with Crippen LogP contribution in [0.4, 0.5) is 11.4 Å². The van der Waals surface area contributed by atoms with Crippen molar-refractivity contribution in [3.8, 4) is 0 Å². The number of aliphatic imine (C=N–C) groups is 1. The summed E-state index contributed by atoms with van der Waals surface area (Å²) >= 11 is 0. The van der Waals surface area contributed by atoms with E-state index in [-0.39, 0.29) is 29.9 Å². The van der Waals surface area contributed by atoms with Crippen LogP contribution in [-0.4, -0.2) is 38.0 Å². The Balaban J connectivity index is 0.00000300. The molecule has 0 spiro atoms. The van der Waals surface area contributed by atoms with Crippen molar-refractivity contribution in [2.45, 2.75) is 32.9 Å². The van der Waals surface area contributed by atoms with E-state index in [1.54, 1.807) is 7.05 Å². The number of hydrogen-bond acceptors (Lipinski definition) is 3. The van der Waals surface area contributed by atoms with Crippen LogP contribution in [0, 0.1) is 6.92 Å². The first kappa shape index (κ1) is 23.0. The fourth-order valence-electron chi connectivity index (χ4n) is 3.40. The molecule has 1 aliphatic heterocycles. The topological polar surface area (TPSA) is 68.8 Å². The molecule has 0 saturated carbocycles. The maximum Gasteiger partial charge on any atom is 0.221 e. The van der Waals surface area contributed by atoms with Crippen molar-refractivity contribution in [3.05, 3.63) is 59.7 Å². The molecule has 3 rings (SSSR count). The standard InChI is InChI=1S/C22H29N5O.HI/c1-16-7-9-21(10-8-16)27-12-11-20(15-27)26-22(23-3)24-14-18-5-4-6-19(13-18)25-17(2)28;/h4-10,13,20H,11-12,14-15H2,1-3H3,(H,25,28)(H2,23,24,26);1H. The zero-order valence-corrected chi connectivity index (χ0v) is 19.6. The second kappa shape index (κ2) is 11.0. The first-order valence-corrected chi connectivity index (χ1v) is 9.69. The van der Waals surface area contributed by atoms with Crippen LogP contribution in [0.5, 0.6) is 0 Å². The first-order chi connectivity index (χ1) is 13.5. The normalized spacial score (nSPS) is 16.2. The average molecular weight is 507 g/mol. The molecular formula is C22H30IN5O. The second-order valence-corrected chi connectivity index (χ2v) is 7.22. The highest BCUT2D eigenvalue weighted by Crippen LogP contribution is 2.20. The second-order valence-electron chi connectivity index (χ2n) is 7.22. The average Bonchev–Trinajstić information content (AvgIpc) is 3.14. The van der Waals surface area contributed by atoms with Gasteiger partial charge in [-0.25, -0.2) is 0 Å². The minimum Gasteiger partial charge on any atom is -0.369 e. The van der Waals surface area contributed by atoms with E-state index in [2.05, 4.69) is 57.0 Å². The molecule has 1 aliphatic rings. The Hall–Kier alpha value is -2.29. The highest BCUT2D eigenvalue weighted by molar-refractivity contribution is 14.0. The number of aryl methyl sites for hydroxylation is 1. The van der Waals surface area contributed by atoms with E-state index in [0.29, 0.717) is 12.6 Å². The summed E-state index contributed by atoms with van der Waals surface area (Å²) < 4.78 is 0. The third-order valence-corrected chi connectivity index (χ3v) is 4.86. The number of guanidine groups is 1. The Labute approximate surface area is 190 Å². The van der Waals surface area contributed by atoms with Gasteiger partial charge in [-0.1, -0.05) is 29.8 Å². The van der Waals surface area contributed by atoms with Crippen LogP contribution in [-0.2, 0) is 11.3 Å². The summed E-state index contributed by atoms with van der Waals surface area (Å²) in [7, 11) is 1.79. The van der Waals surface area contributed by atoms with Crippen molar-refractivity contribution in [3.63, 3.8) is 0 Å². The van der Waals surface area contributed by atoms with Crippen LogP contribution in [0.3, 0.4) is 0 Å². The fourth-order valence-corrected chi connectivity index (χ4v) is 3.40. The van der Waals surface area contributed by atoms with Crippen molar-refractivity contribution in [1.29, 1.82) is 0 Å². The third kappa shape index (κ3) is 6.92. The number of rotatable bonds is 5. The van der Waals surface area contributed by atoms with Crippen LogP contribution in [0.2, 0.25) is 0 Å². The Morgan fingerprint density at radius 3 is 2.66 bits per heavy atom. The molecule has 2 aromatic carbocycles.